The van der Waals surface area contributed by atoms with Gasteiger partial charge >= 0.3 is 5.97 Å². The Balaban J connectivity index is 2.57. The fourth-order valence-electron chi connectivity index (χ4n) is 1.20. The van der Waals surface area contributed by atoms with Crippen molar-refractivity contribution in [3.63, 3.8) is 0 Å². The minimum atomic E-state index is -1.58. The van der Waals surface area contributed by atoms with Crippen molar-refractivity contribution in [2.75, 3.05) is 6.54 Å². The Bertz CT molecular complexity index is 201. The van der Waals surface area contributed by atoms with Gasteiger partial charge in [-0.3, -0.25) is 0 Å². The summed E-state index contributed by atoms with van der Waals surface area (Å²) in [5.74, 6) is -0.627. The zero-order valence-corrected chi connectivity index (χ0v) is 8.33. The molecule has 0 amide bonds. The molecule has 0 bridgehead atoms. The van der Waals surface area contributed by atoms with E-state index in [1.807, 2.05) is 0 Å². The largest absolute Gasteiger partial charge is 0.457 e. The van der Waals surface area contributed by atoms with Gasteiger partial charge in [0.2, 0.25) is 5.72 Å². The lowest BCUT2D eigenvalue weighted by Crippen LogP contribution is -2.47. The summed E-state index contributed by atoms with van der Waals surface area (Å²) in [5.41, 5.74) is -2.14. The highest BCUT2D eigenvalue weighted by atomic mass is 16.6. The van der Waals surface area contributed by atoms with Crippen molar-refractivity contribution in [2.24, 2.45) is 0 Å². The van der Waals surface area contributed by atoms with E-state index in [2.05, 4.69) is 5.32 Å². The molecule has 75 valence electrons. The van der Waals surface area contributed by atoms with Gasteiger partial charge in [0.1, 0.15) is 5.60 Å². The number of carbonyl (C=O) groups is 1. The first kappa shape index (κ1) is 10.5. The van der Waals surface area contributed by atoms with Crippen molar-refractivity contribution in [3.05, 3.63) is 0 Å². The zero-order valence-electron chi connectivity index (χ0n) is 8.33. The lowest BCUT2D eigenvalue weighted by molar-refractivity contribution is -0.179. The van der Waals surface area contributed by atoms with E-state index in [9.17, 15) is 9.90 Å². The van der Waals surface area contributed by atoms with Gasteiger partial charge in [0, 0.05) is 13.0 Å². The molecule has 1 unspecified atom stereocenters. The second kappa shape index (κ2) is 3.27. The quantitative estimate of drug-likeness (QED) is 0.603. The van der Waals surface area contributed by atoms with Crippen LogP contribution in [0.1, 0.15) is 33.6 Å². The Morgan fingerprint density at radius 2 is 2.15 bits per heavy atom. The molecule has 4 heteroatoms. The maximum Gasteiger partial charge on any atom is 0.355 e. The van der Waals surface area contributed by atoms with Gasteiger partial charge in [-0.05, 0) is 27.2 Å². The van der Waals surface area contributed by atoms with Crippen LogP contribution in [0.4, 0.5) is 0 Å². The van der Waals surface area contributed by atoms with Crippen LogP contribution in [0.15, 0.2) is 0 Å². The van der Waals surface area contributed by atoms with Gasteiger partial charge in [0.05, 0.1) is 0 Å². The van der Waals surface area contributed by atoms with Gasteiger partial charge in [0.15, 0.2) is 0 Å². The van der Waals surface area contributed by atoms with Gasteiger partial charge in [-0.1, -0.05) is 0 Å². The van der Waals surface area contributed by atoms with Crippen molar-refractivity contribution in [2.45, 2.75) is 44.9 Å². The van der Waals surface area contributed by atoms with E-state index in [0.717, 1.165) is 6.42 Å². The van der Waals surface area contributed by atoms with Gasteiger partial charge in [0.25, 0.3) is 0 Å². The lowest BCUT2D eigenvalue weighted by atomic mass is 10.1. The first-order valence-corrected chi connectivity index (χ1v) is 4.48. The molecule has 1 heterocycles. The van der Waals surface area contributed by atoms with E-state index in [0.29, 0.717) is 13.0 Å². The summed E-state index contributed by atoms with van der Waals surface area (Å²) >= 11 is 0. The number of hydrogen-bond donors (Lipinski definition) is 1. The molecule has 1 radical (unpaired) electrons. The molecule has 1 N–H and O–H groups in total. The Morgan fingerprint density at radius 1 is 1.54 bits per heavy atom. The number of hydrogen-bond acceptors (Lipinski definition) is 3. The highest BCUT2D eigenvalue weighted by Gasteiger charge is 2.43. The summed E-state index contributed by atoms with van der Waals surface area (Å²) in [6.45, 7) is 5.84. The van der Waals surface area contributed by atoms with Crippen LogP contribution in [0, 0.1) is 0 Å². The Labute approximate surface area is 78.3 Å². The molecule has 1 aliphatic heterocycles. The third-order valence-corrected chi connectivity index (χ3v) is 1.78. The van der Waals surface area contributed by atoms with Crippen LogP contribution in [0.2, 0.25) is 0 Å². The maximum absolute atomic E-state index is 11.4. The molecule has 1 fully saturated rings. The molecule has 13 heavy (non-hydrogen) atoms. The molecule has 1 aliphatic rings. The molecular weight excluding hydrogens is 170 g/mol. The van der Waals surface area contributed by atoms with Crippen LogP contribution >= 0.6 is 0 Å². The summed E-state index contributed by atoms with van der Waals surface area (Å²) < 4.78 is 5.04. The Kier molecular flexibility index (Phi) is 2.63. The molecule has 0 aromatic heterocycles. The van der Waals surface area contributed by atoms with E-state index >= 15 is 0 Å². The van der Waals surface area contributed by atoms with Gasteiger partial charge in [-0.15, -0.1) is 0 Å². The topological polar surface area (TPSA) is 60.6 Å². The average Bonchev–Trinajstić information content (AvgIpc) is 2.33. The second-order valence-electron chi connectivity index (χ2n) is 4.30. The third kappa shape index (κ3) is 2.67. The molecule has 1 rings (SSSR count). The SMILES string of the molecule is CC(C)(C)OC(=O)C1(O)CCC[N]1. The average molecular weight is 186 g/mol. The van der Waals surface area contributed by atoms with Crippen LogP contribution in [0.25, 0.3) is 0 Å². The summed E-state index contributed by atoms with van der Waals surface area (Å²) in [5, 5.41) is 13.5. The van der Waals surface area contributed by atoms with E-state index in [1.54, 1.807) is 20.8 Å². The number of ether oxygens (including phenoxy) is 1. The monoisotopic (exact) mass is 186 g/mol. The molecule has 0 spiro atoms. The minimum absolute atomic E-state index is 0.377. The molecule has 0 aromatic carbocycles. The van der Waals surface area contributed by atoms with Crippen molar-refractivity contribution in [1.29, 1.82) is 0 Å². The predicted molar refractivity (Wildman–Crippen MR) is 47.0 cm³/mol. The lowest BCUT2D eigenvalue weighted by Gasteiger charge is -2.26. The van der Waals surface area contributed by atoms with E-state index in [-0.39, 0.29) is 0 Å². The number of aliphatic hydroxyl groups is 1. The molecule has 4 nitrogen and oxygen atoms in total. The Morgan fingerprint density at radius 3 is 2.54 bits per heavy atom. The van der Waals surface area contributed by atoms with Crippen molar-refractivity contribution >= 4 is 5.97 Å². The minimum Gasteiger partial charge on any atom is -0.457 e. The predicted octanol–water partition coefficient (Wildman–Crippen LogP) is 0.415. The van der Waals surface area contributed by atoms with Crippen molar-refractivity contribution in [3.8, 4) is 0 Å². The van der Waals surface area contributed by atoms with Crippen LogP contribution in [0.3, 0.4) is 0 Å². The summed E-state index contributed by atoms with van der Waals surface area (Å²) in [7, 11) is 0. The highest BCUT2D eigenvalue weighted by molar-refractivity contribution is 5.79. The van der Waals surface area contributed by atoms with Gasteiger partial charge in [-0.25, -0.2) is 4.79 Å². The van der Waals surface area contributed by atoms with Crippen molar-refractivity contribution in [1.82, 2.24) is 5.32 Å². The highest BCUT2D eigenvalue weighted by Crippen LogP contribution is 2.22. The number of rotatable bonds is 1. The first-order chi connectivity index (χ1) is 5.83. The molecule has 0 aliphatic carbocycles. The van der Waals surface area contributed by atoms with Crippen LogP contribution in [-0.2, 0) is 9.53 Å². The fraction of sp³-hybridized carbons (Fsp3) is 0.889. The number of carbonyl (C=O) groups excluding carboxylic acids is 1. The zero-order chi connectivity index (χ0) is 10.1. The number of nitrogens with zero attached hydrogens (tertiary/aromatic N) is 1. The first-order valence-electron chi connectivity index (χ1n) is 4.48. The summed E-state index contributed by atoms with van der Waals surface area (Å²) in [6.07, 6.45) is 1.12. The summed E-state index contributed by atoms with van der Waals surface area (Å²) in [4.78, 5) is 11.4. The molecule has 1 saturated heterocycles. The molecule has 1 atom stereocenters. The molecule has 0 saturated carbocycles. The second-order valence-corrected chi connectivity index (χ2v) is 4.30. The van der Waals surface area contributed by atoms with Crippen LogP contribution < -0.4 is 5.32 Å². The van der Waals surface area contributed by atoms with Crippen LogP contribution in [0.5, 0.6) is 0 Å². The maximum atomic E-state index is 11.4. The number of esters is 1. The van der Waals surface area contributed by atoms with E-state index in [4.69, 9.17) is 4.74 Å². The van der Waals surface area contributed by atoms with Gasteiger partial charge in [-0.2, -0.15) is 5.32 Å². The van der Waals surface area contributed by atoms with Gasteiger partial charge < -0.3 is 9.84 Å². The van der Waals surface area contributed by atoms with E-state index in [1.165, 1.54) is 0 Å². The summed E-state index contributed by atoms with van der Waals surface area (Å²) in [6, 6.07) is 0. The third-order valence-electron chi connectivity index (χ3n) is 1.78. The fourth-order valence-corrected chi connectivity index (χ4v) is 1.20. The van der Waals surface area contributed by atoms with E-state index < -0.39 is 17.3 Å². The van der Waals surface area contributed by atoms with Crippen molar-refractivity contribution < 1.29 is 14.6 Å². The normalized spacial score (nSPS) is 28.9. The Hall–Kier alpha value is -0.610. The van der Waals surface area contributed by atoms with Crippen LogP contribution in [-0.4, -0.2) is 28.9 Å². The smallest absolute Gasteiger partial charge is 0.355 e. The standard InChI is InChI=1S/C9H16NO3/c1-8(2,3)13-7(11)9(12)5-4-6-10-9/h12H,4-6H2,1-3H3. The molecular formula is C9H16NO3. The molecule has 0 aromatic rings.